The van der Waals surface area contributed by atoms with Crippen LogP contribution in [0.2, 0.25) is 0 Å². The fourth-order valence-corrected chi connectivity index (χ4v) is 17.2. The lowest BCUT2D eigenvalue weighted by Crippen LogP contribution is -2.53. The Labute approximate surface area is 497 Å². The first-order valence-corrected chi connectivity index (χ1v) is 30.4. The van der Waals surface area contributed by atoms with Crippen LogP contribution >= 0.6 is 0 Å². The number of para-hydroxylation sites is 4. The van der Waals surface area contributed by atoms with Crippen LogP contribution in [0.4, 0.5) is 0 Å². The highest BCUT2D eigenvalue weighted by Crippen LogP contribution is 2.47. The highest BCUT2D eigenvalue weighted by Gasteiger charge is 2.40. The van der Waals surface area contributed by atoms with Crippen molar-refractivity contribution in [2.24, 2.45) is 0 Å². The quantitative estimate of drug-likeness (QED) is 0.166. The molecule has 17 aromatic rings. The van der Waals surface area contributed by atoms with Crippen LogP contribution in [-0.2, 0) is 0 Å². The first kappa shape index (κ1) is 48.2. The molecule has 0 spiro atoms. The van der Waals surface area contributed by atoms with Gasteiger partial charge in [0.15, 0.2) is 0 Å². The molecule has 0 unspecified atom stereocenters. The number of benzene rings is 11. The van der Waals surface area contributed by atoms with Gasteiger partial charge < -0.3 is 18.1 Å². The van der Waals surface area contributed by atoms with E-state index in [9.17, 15) is 0 Å². The van der Waals surface area contributed by atoms with E-state index in [0.29, 0.717) is 0 Å². The molecule has 0 saturated heterocycles. The maximum Gasteiger partial charge on any atom is 0.332 e. The second-order valence-electron chi connectivity index (χ2n) is 25.3. The number of pyridine rings is 2. The molecule has 0 bridgehead atoms. The van der Waals surface area contributed by atoms with E-state index in [1.54, 1.807) is 0 Å². The Balaban J connectivity index is 0.865. The van der Waals surface area contributed by atoms with E-state index in [1.165, 1.54) is 181 Å². The van der Waals surface area contributed by atoms with Gasteiger partial charge in [0.05, 0.1) is 45.5 Å². The highest BCUT2D eigenvalue weighted by atomic mass is 15.0. The summed E-state index contributed by atoms with van der Waals surface area (Å²) >= 11 is 0. The molecule has 0 amide bonds. The van der Waals surface area contributed by atoms with E-state index in [1.807, 2.05) is 0 Å². The van der Waals surface area contributed by atoms with Gasteiger partial charge in [0, 0.05) is 87.3 Å². The van der Waals surface area contributed by atoms with Crippen molar-refractivity contribution in [3.8, 4) is 22.5 Å². The lowest BCUT2D eigenvalue weighted by Gasteiger charge is -2.29. The lowest BCUT2D eigenvalue weighted by atomic mass is 9.48. The monoisotopic (exact) mass is 1100 g/mol. The molecule has 0 N–H and O–H groups in total. The van der Waals surface area contributed by atoms with Crippen LogP contribution < -0.4 is 21.9 Å². The Morgan fingerprint density at radius 3 is 1.55 bits per heavy atom. The van der Waals surface area contributed by atoms with Gasteiger partial charge >= 0.3 is 13.7 Å². The van der Waals surface area contributed by atoms with Crippen LogP contribution in [0.15, 0.2) is 194 Å². The van der Waals surface area contributed by atoms with Gasteiger partial charge in [-0.05, 0) is 169 Å². The summed E-state index contributed by atoms with van der Waals surface area (Å²) in [6.07, 6.45) is 4.27. The molecule has 0 fully saturated rings. The van der Waals surface area contributed by atoms with E-state index in [-0.39, 0.29) is 13.7 Å². The van der Waals surface area contributed by atoms with Crippen LogP contribution in [0.1, 0.15) is 44.5 Å². The minimum absolute atomic E-state index is 0.0567. The Morgan fingerprint density at radius 2 is 0.837 bits per heavy atom. The normalized spacial score (nSPS) is 13.1. The summed E-state index contributed by atoms with van der Waals surface area (Å²) in [7, 11) is 0. The van der Waals surface area contributed by atoms with Crippen LogP contribution in [0.5, 0.6) is 0 Å². The zero-order chi connectivity index (χ0) is 57.4. The first-order valence-electron chi connectivity index (χ1n) is 30.4. The molecule has 11 aromatic carbocycles. The molecular weight excluding hydrogens is 1040 g/mol. The molecule has 8 heteroatoms. The second-order valence-corrected chi connectivity index (χ2v) is 25.3. The zero-order valence-electron chi connectivity index (χ0n) is 49.3. The fourth-order valence-electron chi connectivity index (χ4n) is 17.2. The Bertz CT molecular complexity index is 5960. The van der Waals surface area contributed by atoms with Crippen molar-refractivity contribution < 1.29 is 0 Å². The van der Waals surface area contributed by atoms with Crippen molar-refractivity contribution in [2.75, 3.05) is 0 Å². The third-order valence-corrected chi connectivity index (χ3v) is 20.1. The van der Waals surface area contributed by atoms with Gasteiger partial charge in [0.1, 0.15) is 0 Å². The second kappa shape index (κ2) is 16.8. The number of hydrogen-bond donors (Lipinski definition) is 0. The molecule has 6 aromatic heterocycles. The summed E-state index contributed by atoms with van der Waals surface area (Å²) in [6, 6.07) is 69.4. The van der Waals surface area contributed by atoms with Crippen molar-refractivity contribution >= 4 is 155 Å². The topological polar surface area (TPSA) is 45.5 Å². The Morgan fingerprint density at radius 1 is 0.314 bits per heavy atom. The molecule has 8 heterocycles. The average molecular weight is 1100 g/mol. The first-order chi connectivity index (χ1) is 42.0. The molecular formula is C78H56B2N6. The molecule has 19 rings (SSSR count). The number of aromatic nitrogens is 6. The molecule has 0 aliphatic carbocycles. The van der Waals surface area contributed by atoms with E-state index in [4.69, 9.17) is 9.97 Å². The van der Waals surface area contributed by atoms with Crippen LogP contribution in [0.3, 0.4) is 0 Å². The van der Waals surface area contributed by atoms with Crippen LogP contribution in [0.25, 0.3) is 142 Å². The minimum Gasteiger partial charge on any atom is -0.375 e. The minimum atomic E-state index is -0.150. The summed E-state index contributed by atoms with van der Waals surface area (Å²) in [5, 5.41) is 15.1. The summed E-state index contributed by atoms with van der Waals surface area (Å²) < 4.78 is 10.5. The van der Waals surface area contributed by atoms with E-state index in [0.717, 1.165) is 27.5 Å². The Hall–Kier alpha value is -10.2. The van der Waals surface area contributed by atoms with Gasteiger partial charge in [-0.25, -0.2) is 0 Å². The maximum absolute atomic E-state index is 5.50. The van der Waals surface area contributed by atoms with Gasteiger partial charge in [0.2, 0.25) is 0 Å². The number of aryl methyl sites for hydroxylation is 8. The van der Waals surface area contributed by atoms with Crippen LogP contribution in [0, 0.1) is 55.4 Å². The molecule has 2 aliphatic rings. The van der Waals surface area contributed by atoms with Crippen molar-refractivity contribution in [2.45, 2.75) is 55.4 Å². The molecule has 404 valence electrons. The highest BCUT2D eigenvalue weighted by molar-refractivity contribution is 6.89. The van der Waals surface area contributed by atoms with Crippen molar-refractivity contribution in [3.05, 3.63) is 239 Å². The average Bonchev–Trinajstić information content (AvgIpc) is 1.63. The zero-order valence-corrected chi connectivity index (χ0v) is 49.3. The summed E-state index contributed by atoms with van der Waals surface area (Å²) in [6.45, 7) is 18.1. The largest absolute Gasteiger partial charge is 0.375 e. The van der Waals surface area contributed by atoms with E-state index < -0.39 is 0 Å². The molecule has 6 nitrogen and oxygen atoms in total. The smallest absolute Gasteiger partial charge is 0.332 e. The lowest BCUT2D eigenvalue weighted by molar-refractivity contribution is 1.17. The summed E-state index contributed by atoms with van der Waals surface area (Å²) in [5.74, 6) is 0. The predicted octanol–water partition coefficient (Wildman–Crippen LogP) is 16.4. The van der Waals surface area contributed by atoms with E-state index in [2.05, 4.69) is 268 Å². The Kier molecular flexibility index (Phi) is 9.42. The summed E-state index contributed by atoms with van der Waals surface area (Å²) in [5.41, 5.74) is 32.1. The van der Waals surface area contributed by atoms with Crippen molar-refractivity contribution in [1.29, 1.82) is 0 Å². The van der Waals surface area contributed by atoms with E-state index >= 15 is 0 Å². The van der Waals surface area contributed by atoms with Crippen LogP contribution in [-0.4, -0.2) is 41.8 Å². The predicted molar refractivity (Wildman–Crippen MR) is 366 cm³/mol. The number of rotatable bonds is 3. The third kappa shape index (κ3) is 6.03. The van der Waals surface area contributed by atoms with Gasteiger partial charge in [-0.15, -0.1) is 0 Å². The molecule has 0 atom stereocenters. The molecule has 0 saturated carbocycles. The SMILES string of the molecule is Cc1cc(C)c2c(c1)c1cc(C)cc(C)c1n2B1c2ccccc2-n2c3cnc4cc(-c5c(C)cc(C)c6c5c5cc(C)cc(C)c5n6B5c6ccccc6-n6c7cnc8ccccc8c7c7c8ccccc8cc5c76)ccc4c3c3cccc1c32. The van der Waals surface area contributed by atoms with Crippen molar-refractivity contribution in [1.82, 2.24) is 28.1 Å². The van der Waals surface area contributed by atoms with Gasteiger partial charge in [-0.3, -0.25) is 9.97 Å². The van der Waals surface area contributed by atoms with Crippen molar-refractivity contribution in [3.63, 3.8) is 0 Å². The summed E-state index contributed by atoms with van der Waals surface area (Å²) in [4.78, 5) is 10.6. The molecule has 2 aliphatic heterocycles. The molecule has 86 heavy (non-hydrogen) atoms. The number of hydrogen-bond acceptors (Lipinski definition) is 2. The fraction of sp³-hybridized carbons (Fsp3) is 0.103. The third-order valence-electron chi connectivity index (χ3n) is 20.1. The number of nitrogens with zero attached hydrogens (tertiary/aromatic N) is 6. The number of fused-ring (bicyclic) bond motifs is 22. The van der Waals surface area contributed by atoms with Gasteiger partial charge in [0.25, 0.3) is 0 Å². The molecule has 0 radical (unpaired) electrons. The standard InChI is InChI=1S/C78H56B2N6/c1-41-30-45(5)73-55(33-41)56-34-42(2)31-46(6)74(56)85(73)79-58-22-12-15-26-64(58)83-66-39-82-63-38-50(28-29-53(63)69(66)54-21-17-24-60(79)77(54)83)68-44(4)36-48(8)76-72(68)57-35-43(3)32-47(7)75(57)86(76)80-59-23-13-16-27-65(59)84-67-40-81-62-25-14-11-20-52(62)70(67)71-51-19-10-9-18-49(51)37-61(80)78(71)84/h9-40H,1-8H3. The maximum atomic E-state index is 5.50. The van der Waals surface area contributed by atoms with Gasteiger partial charge in [-0.1, -0.05) is 156 Å². The van der Waals surface area contributed by atoms with Gasteiger partial charge in [-0.2, -0.15) is 0 Å².